The number of piperidine rings is 1. The highest BCUT2D eigenvalue weighted by Crippen LogP contribution is 2.58. The third-order valence-corrected chi connectivity index (χ3v) is 7.45. The Balaban J connectivity index is 0.00000204. The molecule has 1 amide bonds. The number of halogens is 1. The van der Waals surface area contributed by atoms with Crippen molar-refractivity contribution in [1.29, 1.82) is 0 Å². The first-order chi connectivity index (χ1) is 14.7. The van der Waals surface area contributed by atoms with Crippen LogP contribution in [0.2, 0.25) is 0 Å². The minimum absolute atomic E-state index is 0. The number of rotatable bonds is 5. The van der Waals surface area contributed by atoms with Gasteiger partial charge in [-0.3, -0.25) is 9.69 Å². The largest absolute Gasteiger partial charge is 0.454 e. The first-order valence-electron chi connectivity index (χ1n) is 11.3. The highest BCUT2D eigenvalue weighted by Gasteiger charge is 2.58. The summed E-state index contributed by atoms with van der Waals surface area (Å²) >= 11 is 0. The molecule has 2 aromatic carbocycles. The molecule has 164 valence electrons. The van der Waals surface area contributed by atoms with Crippen LogP contribution < -0.4 is 9.47 Å². The van der Waals surface area contributed by atoms with Crippen molar-refractivity contribution in [3.63, 3.8) is 0 Å². The van der Waals surface area contributed by atoms with Gasteiger partial charge in [0.1, 0.15) is 0 Å². The predicted molar refractivity (Wildman–Crippen MR) is 121 cm³/mol. The molecule has 1 aliphatic carbocycles. The molecule has 5 nitrogen and oxygen atoms in total. The third kappa shape index (κ3) is 3.58. The summed E-state index contributed by atoms with van der Waals surface area (Å²) in [6.45, 7) is 4.47. The first kappa shape index (κ1) is 20.7. The minimum atomic E-state index is -0.0680. The number of benzene rings is 2. The van der Waals surface area contributed by atoms with E-state index < -0.39 is 0 Å². The Labute approximate surface area is 189 Å². The first-order valence-corrected chi connectivity index (χ1v) is 11.3. The fraction of sp³-hybridized carbons (Fsp3) is 0.480. The van der Waals surface area contributed by atoms with Crippen LogP contribution in [0, 0.1) is 5.92 Å². The van der Waals surface area contributed by atoms with E-state index in [1.54, 1.807) is 0 Å². The monoisotopic (exact) mass is 440 g/mol. The highest BCUT2D eigenvalue weighted by atomic mass is 35.5. The van der Waals surface area contributed by atoms with Gasteiger partial charge in [0.05, 0.1) is 5.54 Å². The number of carbonyl (C=O) groups excluding carboxylic acids is 1. The molecule has 0 aromatic heterocycles. The molecule has 0 unspecified atom stereocenters. The van der Waals surface area contributed by atoms with Crippen LogP contribution in [0.15, 0.2) is 42.5 Å². The smallest absolute Gasteiger partial charge is 0.255 e. The standard InChI is InChI=1S/C25H28N2O3.ClH/c28-24-20-14-22-23(30-17-29-22)15-21(20)25(9-10-25)27(24)13-8-18-6-11-26(12-7-18)16-19-4-2-1-3-5-19;/h1-5,14-15,18H,6-13,16-17H2;1H. The Morgan fingerprint density at radius 3 is 2.42 bits per heavy atom. The maximum absolute atomic E-state index is 13.2. The molecule has 0 bridgehead atoms. The van der Waals surface area contributed by atoms with E-state index in [1.807, 2.05) is 6.07 Å². The van der Waals surface area contributed by atoms with Crippen LogP contribution in [0.3, 0.4) is 0 Å². The van der Waals surface area contributed by atoms with E-state index in [1.165, 1.54) is 18.4 Å². The molecule has 6 rings (SSSR count). The summed E-state index contributed by atoms with van der Waals surface area (Å²) < 4.78 is 11.1. The van der Waals surface area contributed by atoms with Crippen LogP contribution in [0.1, 0.15) is 53.6 Å². The molecule has 1 saturated carbocycles. The third-order valence-electron chi connectivity index (χ3n) is 7.45. The second kappa shape index (κ2) is 8.03. The number of hydrogen-bond donors (Lipinski definition) is 0. The molecule has 2 fully saturated rings. The maximum atomic E-state index is 13.2. The number of fused-ring (bicyclic) bond motifs is 3. The Morgan fingerprint density at radius 2 is 1.71 bits per heavy atom. The minimum Gasteiger partial charge on any atom is -0.454 e. The Hall–Kier alpha value is -2.24. The SMILES string of the molecule is Cl.O=C1c2cc3c(cc2C2(CC2)N1CCC1CCN(Cc2ccccc2)CC1)OCO3. The lowest BCUT2D eigenvalue weighted by Gasteiger charge is -2.33. The second-order valence-corrected chi connectivity index (χ2v) is 9.23. The van der Waals surface area contributed by atoms with E-state index in [2.05, 4.69) is 46.2 Å². The van der Waals surface area contributed by atoms with Gasteiger partial charge in [-0.1, -0.05) is 30.3 Å². The van der Waals surface area contributed by atoms with Gasteiger partial charge in [0.15, 0.2) is 11.5 Å². The lowest BCUT2D eigenvalue weighted by atomic mass is 9.92. The van der Waals surface area contributed by atoms with E-state index in [-0.39, 0.29) is 30.6 Å². The zero-order chi connectivity index (χ0) is 20.1. The van der Waals surface area contributed by atoms with E-state index in [0.29, 0.717) is 11.7 Å². The molecule has 31 heavy (non-hydrogen) atoms. The van der Waals surface area contributed by atoms with Gasteiger partial charge in [-0.15, -0.1) is 12.4 Å². The number of amides is 1. The maximum Gasteiger partial charge on any atom is 0.255 e. The molecule has 0 radical (unpaired) electrons. The van der Waals surface area contributed by atoms with Crippen LogP contribution >= 0.6 is 12.4 Å². The molecule has 0 atom stereocenters. The van der Waals surface area contributed by atoms with Crippen LogP contribution in [-0.2, 0) is 12.1 Å². The average molecular weight is 441 g/mol. The summed E-state index contributed by atoms with van der Waals surface area (Å²) in [7, 11) is 0. The van der Waals surface area contributed by atoms with Crippen molar-refractivity contribution < 1.29 is 14.3 Å². The van der Waals surface area contributed by atoms with Gasteiger partial charge >= 0.3 is 0 Å². The van der Waals surface area contributed by atoms with Crippen molar-refractivity contribution in [3.05, 3.63) is 59.2 Å². The van der Waals surface area contributed by atoms with Crippen molar-refractivity contribution in [2.24, 2.45) is 5.92 Å². The molecule has 1 saturated heterocycles. The highest BCUT2D eigenvalue weighted by molar-refractivity contribution is 6.01. The number of carbonyl (C=O) groups is 1. The summed E-state index contributed by atoms with van der Waals surface area (Å²) in [4.78, 5) is 17.9. The van der Waals surface area contributed by atoms with Crippen LogP contribution in [0.4, 0.5) is 0 Å². The van der Waals surface area contributed by atoms with Gasteiger partial charge in [-0.25, -0.2) is 0 Å². The zero-order valence-electron chi connectivity index (χ0n) is 17.7. The number of nitrogens with zero attached hydrogens (tertiary/aromatic N) is 2. The van der Waals surface area contributed by atoms with Gasteiger partial charge in [0, 0.05) is 18.7 Å². The van der Waals surface area contributed by atoms with Crippen molar-refractivity contribution in [2.45, 2.75) is 44.2 Å². The molecule has 2 aromatic rings. The lowest BCUT2D eigenvalue weighted by Crippen LogP contribution is -2.37. The van der Waals surface area contributed by atoms with Crippen molar-refractivity contribution >= 4 is 18.3 Å². The van der Waals surface area contributed by atoms with Crippen LogP contribution in [0.5, 0.6) is 11.5 Å². The van der Waals surface area contributed by atoms with Gasteiger partial charge in [0.2, 0.25) is 6.79 Å². The molecule has 1 spiro atoms. The van der Waals surface area contributed by atoms with Crippen LogP contribution in [0.25, 0.3) is 0 Å². The predicted octanol–water partition coefficient (Wildman–Crippen LogP) is 4.58. The van der Waals surface area contributed by atoms with Crippen molar-refractivity contribution in [1.82, 2.24) is 9.80 Å². The van der Waals surface area contributed by atoms with Crippen molar-refractivity contribution in [3.8, 4) is 11.5 Å². The van der Waals surface area contributed by atoms with E-state index in [9.17, 15) is 4.79 Å². The Kier molecular flexibility index (Phi) is 5.35. The molecule has 4 aliphatic rings. The summed E-state index contributed by atoms with van der Waals surface area (Å²) in [6.07, 6.45) is 5.70. The van der Waals surface area contributed by atoms with E-state index in [4.69, 9.17) is 9.47 Å². The van der Waals surface area contributed by atoms with Gasteiger partial charge < -0.3 is 14.4 Å². The van der Waals surface area contributed by atoms with Gasteiger partial charge in [0.25, 0.3) is 5.91 Å². The summed E-state index contributed by atoms with van der Waals surface area (Å²) in [5.41, 5.74) is 3.32. The van der Waals surface area contributed by atoms with Crippen molar-refractivity contribution in [2.75, 3.05) is 26.4 Å². The van der Waals surface area contributed by atoms with E-state index >= 15 is 0 Å². The molecule has 3 heterocycles. The van der Waals surface area contributed by atoms with Gasteiger partial charge in [-0.05, 0) is 74.4 Å². The number of likely N-dealkylation sites (tertiary alicyclic amines) is 1. The Morgan fingerprint density at radius 1 is 1.00 bits per heavy atom. The number of ether oxygens (including phenoxy) is 2. The summed E-state index contributed by atoms with van der Waals surface area (Å²) in [5.74, 6) is 2.40. The Bertz CT molecular complexity index is 968. The second-order valence-electron chi connectivity index (χ2n) is 9.23. The fourth-order valence-corrected chi connectivity index (χ4v) is 5.55. The average Bonchev–Trinajstić information content (AvgIpc) is 3.38. The molecule has 3 aliphatic heterocycles. The molecule has 0 N–H and O–H groups in total. The van der Waals surface area contributed by atoms with E-state index in [0.717, 1.165) is 62.3 Å². The molecular formula is C25H29ClN2O3. The quantitative estimate of drug-likeness (QED) is 0.682. The number of hydrogen-bond acceptors (Lipinski definition) is 4. The topological polar surface area (TPSA) is 42.0 Å². The normalized spacial score (nSPS) is 21.3. The summed E-state index contributed by atoms with van der Waals surface area (Å²) in [5, 5.41) is 0. The summed E-state index contributed by atoms with van der Waals surface area (Å²) in [6, 6.07) is 14.7. The van der Waals surface area contributed by atoms with Gasteiger partial charge in [-0.2, -0.15) is 0 Å². The zero-order valence-corrected chi connectivity index (χ0v) is 18.5. The lowest BCUT2D eigenvalue weighted by molar-refractivity contribution is 0.0671. The van der Waals surface area contributed by atoms with Crippen LogP contribution in [-0.4, -0.2) is 42.1 Å². The molecule has 6 heteroatoms. The molecular weight excluding hydrogens is 412 g/mol. The fourth-order valence-electron chi connectivity index (χ4n) is 5.55.